The standard InChI is InChI=1S/C16H17NO4/c1-10-5-4-6-11(9-10)16(2,3)17-14(18)12-7-8-13(21-12)15(19)20/h4-9H,1-3H3,(H,17,18)(H,19,20). The van der Waals surface area contributed by atoms with E-state index in [4.69, 9.17) is 9.52 Å². The minimum atomic E-state index is -1.20. The number of furan rings is 1. The van der Waals surface area contributed by atoms with Crippen LogP contribution in [-0.4, -0.2) is 17.0 Å². The first-order valence-corrected chi connectivity index (χ1v) is 6.52. The van der Waals surface area contributed by atoms with Gasteiger partial charge < -0.3 is 14.8 Å². The molecule has 5 nitrogen and oxygen atoms in total. The molecule has 2 N–H and O–H groups in total. The summed E-state index contributed by atoms with van der Waals surface area (Å²) in [6, 6.07) is 10.4. The highest BCUT2D eigenvalue weighted by Gasteiger charge is 2.25. The third-order valence-corrected chi connectivity index (χ3v) is 3.21. The lowest BCUT2D eigenvalue weighted by Gasteiger charge is -2.26. The predicted molar refractivity (Wildman–Crippen MR) is 77.3 cm³/mol. The van der Waals surface area contributed by atoms with Crippen molar-refractivity contribution in [3.05, 3.63) is 59.0 Å². The Hall–Kier alpha value is -2.56. The van der Waals surface area contributed by atoms with Gasteiger partial charge in [0.2, 0.25) is 5.76 Å². The SMILES string of the molecule is Cc1cccc(C(C)(C)NC(=O)c2ccc(C(=O)O)o2)c1. The summed E-state index contributed by atoms with van der Waals surface area (Å²) >= 11 is 0. The van der Waals surface area contributed by atoms with Gasteiger partial charge >= 0.3 is 5.97 Å². The van der Waals surface area contributed by atoms with Crippen LogP contribution >= 0.6 is 0 Å². The first-order chi connectivity index (χ1) is 9.79. The fourth-order valence-electron chi connectivity index (χ4n) is 2.03. The van der Waals surface area contributed by atoms with E-state index in [1.54, 1.807) is 0 Å². The van der Waals surface area contributed by atoms with E-state index in [9.17, 15) is 9.59 Å². The molecule has 5 heteroatoms. The number of aryl methyl sites for hydroxylation is 1. The fourth-order valence-corrected chi connectivity index (χ4v) is 2.03. The van der Waals surface area contributed by atoms with E-state index in [0.717, 1.165) is 11.1 Å². The predicted octanol–water partition coefficient (Wildman–Crippen LogP) is 2.95. The fraction of sp³-hybridized carbons (Fsp3) is 0.250. The summed E-state index contributed by atoms with van der Waals surface area (Å²) in [7, 11) is 0. The molecule has 1 aromatic carbocycles. The Bertz CT molecular complexity index is 685. The van der Waals surface area contributed by atoms with Gasteiger partial charge in [-0.3, -0.25) is 4.79 Å². The summed E-state index contributed by atoms with van der Waals surface area (Å²) in [5, 5.41) is 11.6. The molecule has 21 heavy (non-hydrogen) atoms. The second-order valence-electron chi connectivity index (χ2n) is 5.42. The van der Waals surface area contributed by atoms with Crippen LogP contribution in [0.4, 0.5) is 0 Å². The van der Waals surface area contributed by atoms with Crippen molar-refractivity contribution in [2.75, 3.05) is 0 Å². The minimum Gasteiger partial charge on any atom is -0.475 e. The molecule has 0 unspecified atom stereocenters. The highest BCUT2D eigenvalue weighted by atomic mass is 16.4. The third-order valence-electron chi connectivity index (χ3n) is 3.21. The molecule has 1 heterocycles. The maximum atomic E-state index is 12.2. The highest BCUT2D eigenvalue weighted by Crippen LogP contribution is 2.22. The second-order valence-corrected chi connectivity index (χ2v) is 5.42. The monoisotopic (exact) mass is 287 g/mol. The number of rotatable bonds is 4. The number of carboxylic acids is 1. The number of nitrogens with one attached hydrogen (secondary N) is 1. The molecule has 1 amide bonds. The van der Waals surface area contributed by atoms with Gasteiger partial charge in [0.1, 0.15) is 0 Å². The minimum absolute atomic E-state index is 0.0203. The van der Waals surface area contributed by atoms with E-state index >= 15 is 0 Å². The summed E-state index contributed by atoms with van der Waals surface area (Å²) in [5.74, 6) is -1.93. The topological polar surface area (TPSA) is 79.5 Å². The van der Waals surface area contributed by atoms with Crippen LogP contribution in [0.1, 0.15) is 46.1 Å². The number of hydrogen-bond acceptors (Lipinski definition) is 3. The number of carboxylic acid groups (broad SMARTS) is 1. The summed E-state index contributed by atoms with van der Waals surface area (Å²) in [6.07, 6.45) is 0. The molecule has 0 radical (unpaired) electrons. The van der Waals surface area contributed by atoms with Crippen molar-refractivity contribution in [2.45, 2.75) is 26.3 Å². The molecule has 0 spiro atoms. The number of aromatic carboxylic acids is 1. The van der Waals surface area contributed by atoms with Gasteiger partial charge in [0.05, 0.1) is 5.54 Å². The van der Waals surface area contributed by atoms with Crippen molar-refractivity contribution in [2.24, 2.45) is 0 Å². The van der Waals surface area contributed by atoms with E-state index in [1.807, 2.05) is 45.0 Å². The van der Waals surface area contributed by atoms with Gasteiger partial charge in [-0.15, -0.1) is 0 Å². The summed E-state index contributed by atoms with van der Waals surface area (Å²) in [5.41, 5.74) is 1.46. The van der Waals surface area contributed by atoms with Gasteiger partial charge in [-0.05, 0) is 38.5 Å². The molecule has 0 aliphatic heterocycles. The van der Waals surface area contributed by atoms with E-state index in [2.05, 4.69) is 5.32 Å². The normalized spacial score (nSPS) is 11.2. The van der Waals surface area contributed by atoms with Crippen LogP contribution < -0.4 is 5.32 Å². The zero-order valence-corrected chi connectivity index (χ0v) is 12.1. The van der Waals surface area contributed by atoms with Crippen LogP contribution in [0, 0.1) is 6.92 Å². The second kappa shape index (κ2) is 5.44. The number of hydrogen-bond donors (Lipinski definition) is 2. The van der Waals surface area contributed by atoms with Gasteiger partial charge in [0, 0.05) is 0 Å². The van der Waals surface area contributed by atoms with E-state index in [0.29, 0.717) is 0 Å². The van der Waals surface area contributed by atoms with E-state index < -0.39 is 17.4 Å². The van der Waals surface area contributed by atoms with Crippen molar-refractivity contribution in [1.29, 1.82) is 0 Å². The number of carbonyl (C=O) groups is 2. The van der Waals surface area contributed by atoms with Gasteiger partial charge in [-0.2, -0.15) is 0 Å². The van der Waals surface area contributed by atoms with Crippen LogP contribution in [0.15, 0.2) is 40.8 Å². The molecular weight excluding hydrogens is 270 g/mol. The lowest BCUT2D eigenvalue weighted by Crippen LogP contribution is -2.40. The van der Waals surface area contributed by atoms with E-state index in [1.165, 1.54) is 12.1 Å². The van der Waals surface area contributed by atoms with Crippen molar-refractivity contribution in [1.82, 2.24) is 5.32 Å². The lowest BCUT2D eigenvalue weighted by atomic mass is 9.93. The van der Waals surface area contributed by atoms with E-state index in [-0.39, 0.29) is 11.5 Å². The average molecular weight is 287 g/mol. The Morgan fingerprint density at radius 3 is 2.38 bits per heavy atom. The maximum Gasteiger partial charge on any atom is 0.371 e. The van der Waals surface area contributed by atoms with Crippen molar-refractivity contribution < 1.29 is 19.1 Å². The molecule has 2 rings (SSSR count). The smallest absolute Gasteiger partial charge is 0.371 e. The Labute approximate surface area is 122 Å². The van der Waals surface area contributed by atoms with Gasteiger partial charge in [-0.1, -0.05) is 29.8 Å². The van der Waals surface area contributed by atoms with Gasteiger partial charge in [0.25, 0.3) is 5.91 Å². The Balaban J connectivity index is 2.19. The molecule has 110 valence electrons. The summed E-state index contributed by atoms with van der Waals surface area (Å²) < 4.78 is 5.00. The summed E-state index contributed by atoms with van der Waals surface area (Å²) in [6.45, 7) is 5.73. The molecular formula is C16H17NO4. The zero-order valence-electron chi connectivity index (χ0n) is 12.1. The van der Waals surface area contributed by atoms with Crippen molar-refractivity contribution in [3.63, 3.8) is 0 Å². The van der Waals surface area contributed by atoms with Gasteiger partial charge in [-0.25, -0.2) is 4.79 Å². The van der Waals surface area contributed by atoms with Crippen molar-refractivity contribution in [3.8, 4) is 0 Å². The molecule has 2 aromatic rings. The quantitative estimate of drug-likeness (QED) is 0.906. The Kier molecular flexibility index (Phi) is 3.84. The Morgan fingerprint density at radius 1 is 1.14 bits per heavy atom. The van der Waals surface area contributed by atoms with Crippen LogP contribution in [0.3, 0.4) is 0 Å². The third kappa shape index (κ3) is 3.31. The molecule has 0 aliphatic carbocycles. The van der Waals surface area contributed by atoms with Crippen LogP contribution in [0.2, 0.25) is 0 Å². The Morgan fingerprint density at radius 2 is 1.81 bits per heavy atom. The van der Waals surface area contributed by atoms with Crippen molar-refractivity contribution >= 4 is 11.9 Å². The molecule has 1 aromatic heterocycles. The van der Waals surface area contributed by atoms with Gasteiger partial charge in [0.15, 0.2) is 5.76 Å². The van der Waals surface area contributed by atoms with Crippen LogP contribution in [0.25, 0.3) is 0 Å². The zero-order chi connectivity index (χ0) is 15.6. The molecule has 0 atom stereocenters. The van der Waals surface area contributed by atoms with Crippen LogP contribution in [-0.2, 0) is 5.54 Å². The molecule has 0 saturated carbocycles. The number of amides is 1. The molecule has 0 aliphatic rings. The maximum absolute atomic E-state index is 12.2. The molecule has 0 bridgehead atoms. The molecule has 0 saturated heterocycles. The highest BCUT2D eigenvalue weighted by molar-refractivity contribution is 5.94. The summed E-state index contributed by atoms with van der Waals surface area (Å²) in [4.78, 5) is 22.9. The average Bonchev–Trinajstić information content (AvgIpc) is 2.88. The molecule has 0 fully saturated rings. The largest absolute Gasteiger partial charge is 0.475 e. The number of benzene rings is 1. The van der Waals surface area contributed by atoms with Crippen LogP contribution in [0.5, 0.6) is 0 Å². The first kappa shape index (κ1) is 14.8. The number of carbonyl (C=O) groups excluding carboxylic acids is 1. The first-order valence-electron chi connectivity index (χ1n) is 6.52. The lowest BCUT2D eigenvalue weighted by molar-refractivity contribution is 0.0659.